The fourth-order valence-corrected chi connectivity index (χ4v) is 2.97. The Balaban J connectivity index is 2.62. The van der Waals surface area contributed by atoms with E-state index in [1.807, 2.05) is 6.92 Å². The Labute approximate surface area is 156 Å². The Kier molecular flexibility index (Phi) is 8.49. The quantitative estimate of drug-likeness (QED) is 0.497. The summed E-state index contributed by atoms with van der Waals surface area (Å²) in [6, 6.07) is 3.56. The molecule has 11 heteroatoms. The summed E-state index contributed by atoms with van der Waals surface area (Å²) in [5, 5.41) is 4.81. The number of carbonyl (C=O) groups is 3. The van der Waals surface area contributed by atoms with Crippen LogP contribution in [0.25, 0.3) is 0 Å². The second-order valence-electron chi connectivity index (χ2n) is 5.06. The Bertz CT molecular complexity index is 782. The van der Waals surface area contributed by atoms with E-state index in [1.165, 1.54) is 19.2 Å². The number of amides is 2. The Morgan fingerprint density at radius 2 is 1.85 bits per heavy atom. The standard InChI is InChI=1S/C15H20ClN3O6S/c1-3-6-18-13(20)8-19-14(21)9-25-15(22)10-4-5-11(16)12(7-10)26(23,24)17-2/h4-5,7,17H,3,6,8-9H2,1-2H3,(H,18,20)(H,19,21). The molecular formula is C15H20ClN3O6S. The van der Waals surface area contributed by atoms with Gasteiger partial charge in [-0.15, -0.1) is 0 Å². The lowest BCUT2D eigenvalue weighted by Gasteiger charge is -2.09. The zero-order valence-electron chi connectivity index (χ0n) is 14.3. The number of hydrogen-bond acceptors (Lipinski definition) is 6. The van der Waals surface area contributed by atoms with E-state index < -0.39 is 28.5 Å². The molecule has 1 aromatic carbocycles. The second kappa shape index (κ2) is 10.1. The average Bonchev–Trinajstić information content (AvgIpc) is 2.62. The normalized spacial score (nSPS) is 10.9. The van der Waals surface area contributed by atoms with Crippen LogP contribution in [0.4, 0.5) is 0 Å². The molecule has 9 nitrogen and oxygen atoms in total. The van der Waals surface area contributed by atoms with Gasteiger partial charge in [0.2, 0.25) is 15.9 Å². The van der Waals surface area contributed by atoms with Gasteiger partial charge in [0.25, 0.3) is 5.91 Å². The molecule has 0 spiro atoms. The first kappa shape index (κ1) is 21.9. The van der Waals surface area contributed by atoms with Gasteiger partial charge in [0.1, 0.15) is 4.90 Å². The molecule has 1 rings (SSSR count). The summed E-state index contributed by atoms with van der Waals surface area (Å²) in [4.78, 5) is 34.6. The summed E-state index contributed by atoms with van der Waals surface area (Å²) in [6.45, 7) is 1.54. The van der Waals surface area contributed by atoms with Gasteiger partial charge in [-0.1, -0.05) is 18.5 Å². The first-order valence-electron chi connectivity index (χ1n) is 7.65. The molecule has 0 aliphatic rings. The number of rotatable bonds is 9. The van der Waals surface area contributed by atoms with Gasteiger partial charge < -0.3 is 15.4 Å². The molecule has 0 heterocycles. The number of halogens is 1. The van der Waals surface area contributed by atoms with E-state index in [0.717, 1.165) is 12.5 Å². The van der Waals surface area contributed by atoms with E-state index in [-0.39, 0.29) is 27.9 Å². The molecule has 0 fully saturated rings. The van der Waals surface area contributed by atoms with Gasteiger partial charge in [-0.25, -0.2) is 17.9 Å². The lowest BCUT2D eigenvalue weighted by Crippen LogP contribution is -2.38. The molecule has 0 bridgehead atoms. The van der Waals surface area contributed by atoms with Crippen molar-refractivity contribution in [3.05, 3.63) is 28.8 Å². The zero-order chi connectivity index (χ0) is 19.7. The van der Waals surface area contributed by atoms with E-state index in [4.69, 9.17) is 16.3 Å². The Hall–Kier alpha value is -2.17. The van der Waals surface area contributed by atoms with E-state index in [2.05, 4.69) is 15.4 Å². The summed E-state index contributed by atoms with van der Waals surface area (Å²) in [5.41, 5.74) is -0.0864. The van der Waals surface area contributed by atoms with Crippen molar-refractivity contribution in [3.8, 4) is 0 Å². The Morgan fingerprint density at radius 3 is 2.46 bits per heavy atom. The first-order valence-corrected chi connectivity index (χ1v) is 9.51. The maximum absolute atomic E-state index is 12.0. The number of hydrogen-bond donors (Lipinski definition) is 3. The number of carbonyl (C=O) groups excluding carboxylic acids is 3. The summed E-state index contributed by atoms with van der Waals surface area (Å²) in [7, 11) is -2.65. The summed E-state index contributed by atoms with van der Waals surface area (Å²) < 4.78 is 30.6. The molecular weight excluding hydrogens is 386 g/mol. The molecule has 0 saturated carbocycles. The number of benzene rings is 1. The number of sulfonamides is 1. The van der Waals surface area contributed by atoms with Crippen molar-refractivity contribution in [1.82, 2.24) is 15.4 Å². The third kappa shape index (κ3) is 6.62. The Morgan fingerprint density at radius 1 is 1.15 bits per heavy atom. The van der Waals surface area contributed by atoms with Gasteiger partial charge >= 0.3 is 5.97 Å². The average molecular weight is 406 g/mol. The van der Waals surface area contributed by atoms with Crippen molar-refractivity contribution < 1.29 is 27.5 Å². The van der Waals surface area contributed by atoms with Crippen molar-refractivity contribution in [2.45, 2.75) is 18.2 Å². The molecule has 0 atom stereocenters. The van der Waals surface area contributed by atoms with Gasteiger partial charge in [0, 0.05) is 6.54 Å². The molecule has 0 aromatic heterocycles. The molecule has 0 radical (unpaired) electrons. The van der Waals surface area contributed by atoms with Crippen LogP contribution in [0.2, 0.25) is 5.02 Å². The second-order valence-corrected chi connectivity index (χ2v) is 7.32. The number of nitrogens with one attached hydrogen (secondary N) is 3. The van der Waals surface area contributed by atoms with Crippen LogP contribution in [0, 0.1) is 0 Å². The maximum atomic E-state index is 12.0. The molecule has 0 saturated heterocycles. The maximum Gasteiger partial charge on any atom is 0.338 e. The van der Waals surface area contributed by atoms with Crippen LogP contribution in [0.1, 0.15) is 23.7 Å². The fourth-order valence-electron chi connectivity index (χ4n) is 1.72. The predicted octanol–water partition coefficient (Wildman–Crippen LogP) is 0.0473. The highest BCUT2D eigenvalue weighted by molar-refractivity contribution is 7.89. The zero-order valence-corrected chi connectivity index (χ0v) is 15.9. The van der Waals surface area contributed by atoms with Gasteiger partial charge in [-0.05, 0) is 31.7 Å². The van der Waals surface area contributed by atoms with Gasteiger partial charge in [0.05, 0.1) is 17.1 Å². The molecule has 26 heavy (non-hydrogen) atoms. The van der Waals surface area contributed by atoms with Crippen LogP contribution >= 0.6 is 11.6 Å². The van der Waals surface area contributed by atoms with Crippen molar-refractivity contribution in [3.63, 3.8) is 0 Å². The minimum absolute atomic E-state index is 0.0632. The van der Waals surface area contributed by atoms with E-state index in [1.54, 1.807) is 0 Å². The van der Waals surface area contributed by atoms with Crippen LogP contribution in [-0.4, -0.2) is 52.9 Å². The third-order valence-electron chi connectivity index (χ3n) is 3.08. The summed E-state index contributed by atoms with van der Waals surface area (Å²) >= 11 is 5.83. The largest absolute Gasteiger partial charge is 0.452 e. The summed E-state index contributed by atoms with van der Waals surface area (Å²) in [5.74, 6) is -1.92. The highest BCUT2D eigenvalue weighted by Gasteiger charge is 2.19. The smallest absolute Gasteiger partial charge is 0.338 e. The van der Waals surface area contributed by atoms with E-state index in [9.17, 15) is 22.8 Å². The molecule has 2 amide bonds. The van der Waals surface area contributed by atoms with Crippen LogP contribution < -0.4 is 15.4 Å². The molecule has 0 aliphatic heterocycles. The van der Waals surface area contributed by atoms with Crippen molar-refractivity contribution in [2.24, 2.45) is 0 Å². The van der Waals surface area contributed by atoms with Crippen LogP contribution in [0.5, 0.6) is 0 Å². The van der Waals surface area contributed by atoms with E-state index in [0.29, 0.717) is 6.54 Å². The highest BCUT2D eigenvalue weighted by Crippen LogP contribution is 2.22. The fraction of sp³-hybridized carbons (Fsp3) is 0.400. The molecule has 144 valence electrons. The van der Waals surface area contributed by atoms with Gasteiger partial charge in [-0.3, -0.25) is 9.59 Å². The predicted molar refractivity (Wildman–Crippen MR) is 94.3 cm³/mol. The van der Waals surface area contributed by atoms with Gasteiger partial charge in [-0.2, -0.15) is 0 Å². The number of esters is 1. The molecule has 0 aliphatic carbocycles. The highest BCUT2D eigenvalue weighted by atomic mass is 35.5. The van der Waals surface area contributed by atoms with Crippen molar-refractivity contribution in [2.75, 3.05) is 26.7 Å². The molecule has 3 N–H and O–H groups in total. The van der Waals surface area contributed by atoms with Crippen molar-refractivity contribution in [1.29, 1.82) is 0 Å². The SMILES string of the molecule is CCCNC(=O)CNC(=O)COC(=O)c1ccc(Cl)c(S(=O)(=O)NC)c1. The van der Waals surface area contributed by atoms with E-state index >= 15 is 0 Å². The van der Waals surface area contributed by atoms with Crippen LogP contribution in [0.3, 0.4) is 0 Å². The minimum Gasteiger partial charge on any atom is -0.452 e. The molecule has 1 aromatic rings. The lowest BCUT2D eigenvalue weighted by molar-refractivity contribution is -0.127. The monoisotopic (exact) mass is 405 g/mol. The van der Waals surface area contributed by atoms with Crippen LogP contribution in [-0.2, 0) is 24.3 Å². The topological polar surface area (TPSA) is 131 Å². The van der Waals surface area contributed by atoms with Crippen molar-refractivity contribution >= 4 is 39.4 Å². The summed E-state index contributed by atoms with van der Waals surface area (Å²) in [6.07, 6.45) is 0.768. The minimum atomic E-state index is -3.86. The molecule has 0 unspecified atom stereocenters. The third-order valence-corrected chi connectivity index (χ3v) is 4.97. The lowest BCUT2D eigenvalue weighted by atomic mass is 10.2. The number of ether oxygens (including phenoxy) is 1. The first-order chi connectivity index (χ1) is 12.2. The van der Waals surface area contributed by atoms with Crippen LogP contribution in [0.15, 0.2) is 23.1 Å². The van der Waals surface area contributed by atoms with Gasteiger partial charge in [0.15, 0.2) is 6.61 Å².